The highest BCUT2D eigenvalue weighted by molar-refractivity contribution is 6.08. The average Bonchev–Trinajstić information content (AvgIpc) is 3.24. The molecule has 1 saturated heterocycles. The zero-order chi connectivity index (χ0) is 25.6. The number of fused-ring (bicyclic) bond motifs is 1. The van der Waals surface area contributed by atoms with Crippen LogP contribution in [0.4, 0.5) is 5.69 Å². The molecule has 10 heteroatoms. The van der Waals surface area contributed by atoms with Crippen molar-refractivity contribution in [3.8, 4) is 0 Å². The second-order valence-electron chi connectivity index (χ2n) is 9.58. The third-order valence-electron chi connectivity index (χ3n) is 5.81. The van der Waals surface area contributed by atoms with Crippen molar-refractivity contribution in [2.24, 2.45) is 5.92 Å². The molecule has 1 aromatic heterocycles. The number of hydrogen-bond donors (Lipinski definition) is 6. The van der Waals surface area contributed by atoms with E-state index in [0.29, 0.717) is 35.8 Å². The number of amides is 1. The number of nitrogens with one attached hydrogen (secondary N) is 1. The first-order chi connectivity index (χ1) is 15.8. The zero-order valence-corrected chi connectivity index (χ0v) is 20.2. The summed E-state index contributed by atoms with van der Waals surface area (Å²) in [5.74, 6) is -1.06. The number of aliphatic hydroxyl groups excluding tert-OH is 2. The molecule has 2 aromatic rings. The topological polar surface area (TPSA) is 169 Å². The van der Waals surface area contributed by atoms with Gasteiger partial charge in [0.2, 0.25) is 0 Å². The number of aliphatic carboxylic acids is 1. The van der Waals surface area contributed by atoms with E-state index in [-0.39, 0.29) is 5.91 Å². The lowest BCUT2D eigenvalue weighted by atomic mass is 9.95. The third-order valence-corrected chi connectivity index (χ3v) is 5.81. The van der Waals surface area contributed by atoms with Gasteiger partial charge in [0.15, 0.2) is 6.10 Å². The number of likely N-dealkylation sites (tertiary alicyclic amines) is 1. The van der Waals surface area contributed by atoms with Crippen molar-refractivity contribution in [1.82, 2.24) is 10.2 Å². The predicted molar refractivity (Wildman–Crippen MR) is 128 cm³/mol. The van der Waals surface area contributed by atoms with Crippen LogP contribution in [-0.4, -0.2) is 81.2 Å². The fourth-order valence-electron chi connectivity index (χ4n) is 3.91. The molecule has 0 saturated carbocycles. The van der Waals surface area contributed by atoms with Crippen molar-refractivity contribution >= 4 is 28.5 Å². The van der Waals surface area contributed by atoms with Crippen LogP contribution in [0.15, 0.2) is 22.8 Å². The van der Waals surface area contributed by atoms with Crippen LogP contribution < -0.4 is 11.1 Å². The summed E-state index contributed by atoms with van der Waals surface area (Å²) in [5.41, 5.74) is 8.02. The summed E-state index contributed by atoms with van der Waals surface area (Å²) < 4.78 is 5.49. The molecule has 2 atom stereocenters. The fourth-order valence-corrected chi connectivity index (χ4v) is 3.91. The maximum Gasteiger partial charge on any atom is 0.335 e. The highest BCUT2D eigenvalue weighted by Gasteiger charge is 2.25. The Morgan fingerprint density at radius 3 is 2.41 bits per heavy atom. The van der Waals surface area contributed by atoms with Gasteiger partial charge in [-0.25, -0.2) is 4.79 Å². The summed E-state index contributed by atoms with van der Waals surface area (Å²) in [7, 11) is 0. The first kappa shape index (κ1) is 27.6. The van der Waals surface area contributed by atoms with Gasteiger partial charge in [0, 0.05) is 24.2 Å². The molecule has 7 N–H and O–H groups in total. The Kier molecular flexibility index (Phi) is 9.45. The van der Waals surface area contributed by atoms with Crippen LogP contribution in [0.1, 0.15) is 49.5 Å². The molecule has 34 heavy (non-hydrogen) atoms. The zero-order valence-electron chi connectivity index (χ0n) is 20.2. The van der Waals surface area contributed by atoms with Crippen molar-refractivity contribution in [2.45, 2.75) is 58.3 Å². The Balaban J connectivity index is 0.000000440. The Morgan fingerprint density at radius 1 is 1.29 bits per heavy atom. The number of carbonyl (C=O) groups is 2. The van der Waals surface area contributed by atoms with Crippen LogP contribution in [0.2, 0.25) is 0 Å². The summed E-state index contributed by atoms with van der Waals surface area (Å²) in [6, 6.07) is 3.59. The highest BCUT2D eigenvalue weighted by atomic mass is 16.4. The molecular formula is C24H37N3O7. The van der Waals surface area contributed by atoms with Crippen LogP contribution in [-0.2, 0) is 4.79 Å². The molecule has 0 aliphatic carbocycles. The van der Waals surface area contributed by atoms with Crippen molar-refractivity contribution < 1.29 is 34.4 Å². The van der Waals surface area contributed by atoms with Gasteiger partial charge in [-0.2, -0.15) is 0 Å². The number of anilines is 1. The second kappa shape index (κ2) is 11.7. The summed E-state index contributed by atoms with van der Waals surface area (Å²) >= 11 is 0. The highest BCUT2D eigenvalue weighted by Crippen LogP contribution is 2.29. The van der Waals surface area contributed by atoms with Crippen LogP contribution in [0, 0.1) is 12.8 Å². The molecule has 2 unspecified atom stereocenters. The molecule has 1 aromatic carbocycles. The van der Waals surface area contributed by atoms with Gasteiger partial charge in [0.05, 0.1) is 23.5 Å². The number of carbonyl (C=O) groups excluding carboxylic acids is 1. The number of aryl methyl sites for hydroxylation is 1. The molecule has 0 radical (unpaired) electrons. The predicted octanol–water partition coefficient (Wildman–Crippen LogP) is 1.35. The Labute approximate surface area is 199 Å². The second-order valence-corrected chi connectivity index (χ2v) is 9.58. The van der Waals surface area contributed by atoms with Gasteiger partial charge >= 0.3 is 5.97 Å². The Hall–Kier alpha value is -2.66. The standard InChI is InChI=1S/C20H29N3O3.C4H8O4/c1-13-10-16(18-15(17(13)21)6-9-26-18)19(24)22-11-14-4-7-23(8-5-14)12-20(2,3)25;1-2(5)3(6)4(7)8/h6,9-10,14,25H,4-5,7-8,11-12,21H2,1-3H3,(H,22,24);2-3,5-6H,1H3,(H,7,8). The van der Waals surface area contributed by atoms with Gasteiger partial charge in [-0.05, 0) is 77.2 Å². The molecule has 1 amide bonds. The number of nitrogens with two attached hydrogens (primary N) is 1. The average molecular weight is 480 g/mol. The monoisotopic (exact) mass is 479 g/mol. The van der Waals surface area contributed by atoms with E-state index < -0.39 is 23.8 Å². The number of hydrogen-bond acceptors (Lipinski definition) is 8. The number of furan rings is 1. The normalized spacial score (nSPS) is 17.0. The number of β-amino-alcohol motifs (C(OH)–C–C–N with tert-alkyl or cyclic N) is 1. The molecule has 0 bridgehead atoms. The molecule has 2 heterocycles. The molecule has 1 aliphatic rings. The summed E-state index contributed by atoms with van der Waals surface area (Å²) in [5, 5.41) is 38.4. The number of aliphatic hydroxyl groups is 3. The number of nitrogen functional groups attached to an aromatic ring is 1. The van der Waals surface area contributed by atoms with Gasteiger partial charge < -0.3 is 40.8 Å². The quantitative estimate of drug-likeness (QED) is 0.321. The molecule has 3 rings (SSSR count). The summed E-state index contributed by atoms with van der Waals surface area (Å²) in [6.07, 6.45) is 0.749. The number of carboxylic acids is 1. The van der Waals surface area contributed by atoms with E-state index in [4.69, 9.17) is 25.5 Å². The van der Waals surface area contributed by atoms with Crippen molar-refractivity contribution in [2.75, 3.05) is 31.9 Å². The number of rotatable bonds is 7. The van der Waals surface area contributed by atoms with E-state index in [1.807, 2.05) is 20.8 Å². The van der Waals surface area contributed by atoms with Gasteiger partial charge in [-0.3, -0.25) is 4.79 Å². The molecule has 10 nitrogen and oxygen atoms in total. The maximum atomic E-state index is 12.7. The van der Waals surface area contributed by atoms with Gasteiger partial charge in [0.1, 0.15) is 5.58 Å². The van der Waals surface area contributed by atoms with Gasteiger partial charge in [-0.1, -0.05) is 0 Å². The molecule has 1 fully saturated rings. The SMILES string of the molecule is CC(O)C(O)C(=O)O.Cc1cc(C(=O)NCC2CCN(CC(C)(C)O)CC2)c2occc2c1N. The Bertz CT molecular complexity index is 973. The van der Waals surface area contributed by atoms with Crippen LogP contribution in [0.5, 0.6) is 0 Å². The Morgan fingerprint density at radius 2 is 1.91 bits per heavy atom. The first-order valence-corrected chi connectivity index (χ1v) is 11.4. The van der Waals surface area contributed by atoms with Crippen molar-refractivity contribution in [3.05, 3.63) is 29.5 Å². The lowest BCUT2D eigenvalue weighted by Crippen LogP contribution is -2.44. The minimum absolute atomic E-state index is 0.119. The smallest absolute Gasteiger partial charge is 0.335 e. The van der Waals surface area contributed by atoms with Crippen molar-refractivity contribution in [1.29, 1.82) is 0 Å². The first-order valence-electron chi connectivity index (χ1n) is 11.4. The maximum absolute atomic E-state index is 12.7. The lowest BCUT2D eigenvalue weighted by Gasteiger charge is -2.35. The molecular weight excluding hydrogens is 442 g/mol. The number of carboxylic acid groups (broad SMARTS) is 1. The van der Waals surface area contributed by atoms with E-state index in [0.717, 1.165) is 36.9 Å². The number of benzene rings is 1. The number of nitrogens with zero attached hydrogens (tertiary/aromatic N) is 1. The van der Waals surface area contributed by atoms with Crippen LogP contribution >= 0.6 is 0 Å². The van der Waals surface area contributed by atoms with Crippen LogP contribution in [0.25, 0.3) is 11.0 Å². The van der Waals surface area contributed by atoms with E-state index in [1.165, 1.54) is 6.92 Å². The minimum atomic E-state index is -1.66. The van der Waals surface area contributed by atoms with E-state index >= 15 is 0 Å². The summed E-state index contributed by atoms with van der Waals surface area (Å²) in [6.45, 7) is 10.0. The van der Waals surface area contributed by atoms with E-state index in [2.05, 4.69) is 10.2 Å². The lowest BCUT2D eigenvalue weighted by molar-refractivity contribution is -0.151. The molecule has 1 aliphatic heterocycles. The van der Waals surface area contributed by atoms with Gasteiger partial charge in [0.25, 0.3) is 5.91 Å². The van der Waals surface area contributed by atoms with Crippen molar-refractivity contribution in [3.63, 3.8) is 0 Å². The number of piperidine rings is 1. The third kappa shape index (κ3) is 7.69. The van der Waals surface area contributed by atoms with Crippen LogP contribution in [0.3, 0.4) is 0 Å². The minimum Gasteiger partial charge on any atom is -0.479 e. The van der Waals surface area contributed by atoms with Gasteiger partial charge in [-0.15, -0.1) is 0 Å². The molecule has 0 spiro atoms. The molecule has 190 valence electrons. The summed E-state index contributed by atoms with van der Waals surface area (Å²) in [4.78, 5) is 24.7. The van der Waals surface area contributed by atoms with E-state index in [9.17, 15) is 14.7 Å². The van der Waals surface area contributed by atoms with E-state index in [1.54, 1.807) is 18.4 Å². The largest absolute Gasteiger partial charge is 0.479 e. The fraction of sp³-hybridized carbons (Fsp3) is 0.583.